The predicted molar refractivity (Wildman–Crippen MR) is 68.2 cm³/mol. The second-order valence-corrected chi connectivity index (χ2v) is 4.78. The monoisotopic (exact) mass is 323 g/mol. The third kappa shape index (κ3) is 3.90. The van der Waals surface area contributed by atoms with E-state index in [1.54, 1.807) is 20.2 Å². The molecule has 100 valence electrons. The van der Waals surface area contributed by atoms with E-state index in [9.17, 15) is 13.2 Å². The van der Waals surface area contributed by atoms with Crippen molar-refractivity contribution in [3.8, 4) is 0 Å². The number of nitrogens with two attached hydrogens (primary N) is 1. The number of rotatable bonds is 2. The van der Waals surface area contributed by atoms with Gasteiger partial charge in [0, 0.05) is 18.6 Å². The molecule has 18 heavy (non-hydrogen) atoms. The molecule has 0 radical (unpaired) electrons. The van der Waals surface area contributed by atoms with E-state index in [-0.39, 0.29) is 18.1 Å². The summed E-state index contributed by atoms with van der Waals surface area (Å²) in [6.45, 7) is -0.105. The highest BCUT2D eigenvalue weighted by molar-refractivity contribution is 9.10. The molecule has 0 aromatic heterocycles. The lowest BCUT2D eigenvalue weighted by atomic mass is 10.1. The Morgan fingerprint density at radius 2 is 2.00 bits per heavy atom. The maximum absolute atomic E-state index is 12.8. The molecule has 2 N–H and O–H groups in total. The van der Waals surface area contributed by atoms with Crippen molar-refractivity contribution in [3.05, 3.63) is 33.8 Å². The van der Waals surface area contributed by atoms with Crippen LogP contribution in [0.5, 0.6) is 0 Å². The molecule has 3 nitrogen and oxygen atoms in total. The molecule has 7 heteroatoms. The molecule has 0 amide bonds. The van der Waals surface area contributed by atoms with Crippen LogP contribution < -0.4 is 5.73 Å². The number of guanidine groups is 1. The van der Waals surface area contributed by atoms with Crippen molar-refractivity contribution in [2.45, 2.75) is 12.7 Å². The molecular formula is C11H13BrF3N3. The van der Waals surface area contributed by atoms with Crippen molar-refractivity contribution in [1.82, 2.24) is 4.90 Å². The van der Waals surface area contributed by atoms with Crippen LogP contribution in [0.1, 0.15) is 11.1 Å². The summed E-state index contributed by atoms with van der Waals surface area (Å²) in [5.41, 5.74) is 4.93. The summed E-state index contributed by atoms with van der Waals surface area (Å²) >= 11 is 3.02. The van der Waals surface area contributed by atoms with Crippen LogP contribution in [0.3, 0.4) is 0 Å². The van der Waals surface area contributed by atoms with Gasteiger partial charge in [-0.2, -0.15) is 13.2 Å². The maximum Gasteiger partial charge on any atom is 0.416 e. The Balaban J connectivity index is 3.07. The van der Waals surface area contributed by atoms with E-state index in [1.165, 1.54) is 11.0 Å². The minimum Gasteiger partial charge on any atom is -0.370 e. The third-order valence-corrected chi connectivity index (χ3v) is 2.74. The first-order valence-electron chi connectivity index (χ1n) is 5.04. The van der Waals surface area contributed by atoms with Crippen LogP contribution >= 0.6 is 15.9 Å². The van der Waals surface area contributed by atoms with Gasteiger partial charge < -0.3 is 10.6 Å². The van der Waals surface area contributed by atoms with Crippen molar-refractivity contribution < 1.29 is 13.2 Å². The number of halogens is 4. The predicted octanol–water partition coefficient (Wildman–Crippen LogP) is 2.84. The summed E-state index contributed by atoms with van der Waals surface area (Å²) in [6, 6.07) is 3.97. The molecule has 1 aromatic carbocycles. The molecule has 0 fully saturated rings. The van der Waals surface area contributed by atoms with Gasteiger partial charge in [0.1, 0.15) is 0 Å². The van der Waals surface area contributed by atoms with E-state index in [2.05, 4.69) is 20.9 Å². The Morgan fingerprint density at radius 1 is 1.39 bits per heavy atom. The summed E-state index contributed by atoms with van der Waals surface area (Å²) in [7, 11) is 3.34. The van der Waals surface area contributed by atoms with E-state index in [1.807, 2.05) is 0 Å². The molecular weight excluding hydrogens is 311 g/mol. The van der Waals surface area contributed by atoms with Crippen LogP contribution in [0.25, 0.3) is 0 Å². The highest BCUT2D eigenvalue weighted by Gasteiger charge is 2.33. The van der Waals surface area contributed by atoms with Crippen LogP contribution in [0, 0.1) is 0 Å². The quantitative estimate of drug-likeness (QED) is 0.671. The SMILES string of the molecule is CN(C)C(N)=NCc1ccc(Br)cc1C(F)(F)F. The standard InChI is InChI=1S/C11H13BrF3N3/c1-18(2)10(16)17-6-7-3-4-8(12)5-9(7)11(13,14)15/h3-5H,6H2,1-2H3,(H2,16,17). The smallest absolute Gasteiger partial charge is 0.370 e. The molecule has 1 rings (SSSR count). The highest BCUT2D eigenvalue weighted by atomic mass is 79.9. The van der Waals surface area contributed by atoms with Crippen LogP contribution in [-0.4, -0.2) is 25.0 Å². The summed E-state index contributed by atoms with van der Waals surface area (Å²) in [4.78, 5) is 5.44. The average Bonchev–Trinajstić information content (AvgIpc) is 2.25. The Labute approximate surface area is 112 Å². The Bertz CT molecular complexity index is 455. The molecule has 0 aliphatic rings. The maximum atomic E-state index is 12.8. The zero-order chi connectivity index (χ0) is 13.9. The number of nitrogens with zero attached hydrogens (tertiary/aromatic N) is 2. The first-order valence-corrected chi connectivity index (χ1v) is 5.84. The van der Waals surface area contributed by atoms with Gasteiger partial charge in [0.25, 0.3) is 0 Å². The molecule has 0 spiro atoms. The first kappa shape index (κ1) is 14.8. The third-order valence-electron chi connectivity index (χ3n) is 2.25. The first-order chi connectivity index (χ1) is 8.21. The fraction of sp³-hybridized carbons (Fsp3) is 0.364. The van der Waals surface area contributed by atoms with Crippen LogP contribution in [0.15, 0.2) is 27.7 Å². The Kier molecular flexibility index (Phi) is 4.61. The van der Waals surface area contributed by atoms with E-state index < -0.39 is 11.7 Å². The fourth-order valence-corrected chi connectivity index (χ4v) is 1.62. The minimum absolute atomic E-state index is 0.0931. The molecule has 0 unspecified atom stereocenters. The van der Waals surface area contributed by atoms with Gasteiger partial charge in [0.05, 0.1) is 12.1 Å². The van der Waals surface area contributed by atoms with E-state index >= 15 is 0 Å². The fourth-order valence-electron chi connectivity index (χ4n) is 1.26. The number of alkyl halides is 3. The van der Waals surface area contributed by atoms with Crippen LogP contribution in [0.4, 0.5) is 13.2 Å². The van der Waals surface area contributed by atoms with Crippen molar-refractivity contribution in [3.63, 3.8) is 0 Å². The average molecular weight is 324 g/mol. The van der Waals surface area contributed by atoms with Gasteiger partial charge in [0.2, 0.25) is 0 Å². The normalized spacial score (nSPS) is 12.7. The molecule has 0 aliphatic heterocycles. The number of aliphatic imine (C=N–C) groups is 1. The summed E-state index contributed by atoms with van der Waals surface area (Å²) in [6.07, 6.45) is -4.40. The largest absolute Gasteiger partial charge is 0.416 e. The molecule has 0 saturated carbocycles. The van der Waals surface area contributed by atoms with Gasteiger partial charge in [-0.05, 0) is 17.7 Å². The van der Waals surface area contributed by atoms with E-state index in [4.69, 9.17) is 5.73 Å². The lowest BCUT2D eigenvalue weighted by Crippen LogP contribution is -2.30. The van der Waals surface area contributed by atoms with E-state index in [0.29, 0.717) is 4.47 Å². The van der Waals surface area contributed by atoms with Crippen molar-refractivity contribution in [2.24, 2.45) is 10.7 Å². The zero-order valence-corrected chi connectivity index (χ0v) is 11.5. The van der Waals surface area contributed by atoms with Gasteiger partial charge in [-0.1, -0.05) is 22.0 Å². The van der Waals surface area contributed by atoms with Crippen molar-refractivity contribution in [1.29, 1.82) is 0 Å². The van der Waals surface area contributed by atoms with Gasteiger partial charge in [-0.15, -0.1) is 0 Å². The summed E-state index contributed by atoms with van der Waals surface area (Å²) in [5.74, 6) is 0.186. The van der Waals surface area contributed by atoms with Gasteiger partial charge in [-0.25, -0.2) is 4.99 Å². The summed E-state index contributed by atoms with van der Waals surface area (Å²) in [5, 5.41) is 0. The molecule has 0 aliphatic carbocycles. The Hall–Kier alpha value is -1.24. The molecule has 0 heterocycles. The highest BCUT2D eigenvalue weighted by Crippen LogP contribution is 2.34. The molecule has 0 bridgehead atoms. The van der Waals surface area contributed by atoms with E-state index in [0.717, 1.165) is 6.07 Å². The zero-order valence-electron chi connectivity index (χ0n) is 9.92. The second-order valence-electron chi connectivity index (χ2n) is 3.87. The number of hydrogen-bond acceptors (Lipinski definition) is 1. The van der Waals surface area contributed by atoms with Crippen LogP contribution in [0.2, 0.25) is 0 Å². The number of benzene rings is 1. The lowest BCUT2D eigenvalue weighted by Gasteiger charge is -2.14. The van der Waals surface area contributed by atoms with Crippen molar-refractivity contribution in [2.75, 3.05) is 14.1 Å². The molecule has 1 aromatic rings. The molecule has 0 atom stereocenters. The Morgan fingerprint density at radius 3 is 2.50 bits per heavy atom. The van der Waals surface area contributed by atoms with Gasteiger partial charge in [-0.3, -0.25) is 0 Å². The summed E-state index contributed by atoms with van der Waals surface area (Å²) < 4.78 is 38.8. The number of hydrogen-bond donors (Lipinski definition) is 1. The van der Waals surface area contributed by atoms with Gasteiger partial charge in [0.15, 0.2) is 5.96 Å². The van der Waals surface area contributed by atoms with Crippen LogP contribution in [-0.2, 0) is 12.7 Å². The molecule has 0 saturated heterocycles. The minimum atomic E-state index is -4.40. The van der Waals surface area contributed by atoms with Crippen molar-refractivity contribution >= 4 is 21.9 Å². The van der Waals surface area contributed by atoms with Gasteiger partial charge >= 0.3 is 6.18 Å². The lowest BCUT2D eigenvalue weighted by molar-refractivity contribution is -0.138. The second kappa shape index (κ2) is 5.60. The topological polar surface area (TPSA) is 41.6 Å².